The second kappa shape index (κ2) is 8.76. The maximum absolute atomic E-state index is 11.7. The van der Waals surface area contributed by atoms with Crippen molar-refractivity contribution in [3.8, 4) is 0 Å². The molecule has 130 valence electrons. The van der Waals surface area contributed by atoms with Crippen LogP contribution in [-0.2, 0) is 4.74 Å². The van der Waals surface area contributed by atoms with Crippen molar-refractivity contribution in [3.05, 3.63) is 0 Å². The summed E-state index contributed by atoms with van der Waals surface area (Å²) in [5.41, 5.74) is -0.382. The summed E-state index contributed by atoms with van der Waals surface area (Å²) in [5.74, 6) is 2.27. The average Bonchev–Trinajstić information content (AvgIpc) is 3.09. The van der Waals surface area contributed by atoms with E-state index in [4.69, 9.17) is 4.74 Å². The molecule has 2 atom stereocenters. The number of carbonyl (C=O) groups excluding carboxylic acids is 1. The van der Waals surface area contributed by atoms with Crippen LogP contribution < -0.4 is 5.32 Å². The smallest absolute Gasteiger partial charge is 0.410 e. The highest BCUT2D eigenvalue weighted by atomic mass is 16.6. The molecule has 0 spiro atoms. The number of carbonyl (C=O) groups is 1. The zero-order valence-electron chi connectivity index (χ0n) is 15.4. The largest absolute Gasteiger partial charge is 0.444 e. The van der Waals surface area contributed by atoms with Crippen molar-refractivity contribution in [3.63, 3.8) is 0 Å². The van der Waals surface area contributed by atoms with E-state index in [9.17, 15) is 4.79 Å². The van der Waals surface area contributed by atoms with Gasteiger partial charge >= 0.3 is 6.09 Å². The fourth-order valence-corrected chi connectivity index (χ4v) is 2.89. The number of nitrogens with one attached hydrogen (secondary N) is 1. The van der Waals surface area contributed by atoms with Crippen molar-refractivity contribution in [1.82, 2.24) is 10.2 Å². The Labute approximate surface area is 137 Å². The summed E-state index contributed by atoms with van der Waals surface area (Å²) < 4.78 is 5.34. The minimum atomic E-state index is -0.382. The lowest BCUT2D eigenvalue weighted by Gasteiger charge is -2.24. The highest BCUT2D eigenvalue weighted by Crippen LogP contribution is 2.24. The van der Waals surface area contributed by atoms with Gasteiger partial charge in [-0.05, 0) is 64.5 Å². The molecular formula is C18H36N2O2. The van der Waals surface area contributed by atoms with Gasteiger partial charge in [-0.15, -0.1) is 0 Å². The molecule has 2 saturated heterocycles. The Morgan fingerprint density at radius 2 is 2.00 bits per heavy atom. The Morgan fingerprint density at radius 3 is 2.36 bits per heavy atom. The van der Waals surface area contributed by atoms with Gasteiger partial charge in [0.2, 0.25) is 0 Å². The zero-order chi connectivity index (χ0) is 16.8. The predicted octanol–water partition coefficient (Wildman–Crippen LogP) is 3.91. The number of likely N-dealkylation sites (tertiary alicyclic amines) is 1. The molecule has 2 unspecified atom stereocenters. The highest BCUT2D eigenvalue weighted by molar-refractivity contribution is 5.68. The minimum Gasteiger partial charge on any atom is -0.444 e. The Balaban J connectivity index is 0.000000287. The van der Waals surface area contributed by atoms with Gasteiger partial charge in [0.05, 0.1) is 0 Å². The van der Waals surface area contributed by atoms with Gasteiger partial charge < -0.3 is 15.0 Å². The lowest BCUT2D eigenvalue weighted by molar-refractivity contribution is 0.0285. The molecule has 4 nitrogen and oxygen atoms in total. The van der Waals surface area contributed by atoms with E-state index in [1.54, 1.807) is 0 Å². The summed E-state index contributed by atoms with van der Waals surface area (Å²) in [6.45, 7) is 16.6. The van der Waals surface area contributed by atoms with E-state index in [1.807, 2.05) is 25.7 Å². The molecule has 2 fully saturated rings. The van der Waals surface area contributed by atoms with E-state index in [-0.39, 0.29) is 11.7 Å². The second-order valence-corrected chi connectivity index (χ2v) is 7.99. The summed E-state index contributed by atoms with van der Waals surface area (Å²) in [5, 5.41) is 3.32. The van der Waals surface area contributed by atoms with Crippen LogP contribution in [0.3, 0.4) is 0 Å². The van der Waals surface area contributed by atoms with Crippen molar-refractivity contribution in [1.29, 1.82) is 0 Å². The van der Waals surface area contributed by atoms with Gasteiger partial charge in [-0.25, -0.2) is 4.79 Å². The Morgan fingerprint density at radius 1 is 1.32 bits per heavy atom. The number of ether oxygens (including phenoxy) is 1. The summed E-state index contributed by atoms with van der Waals surface area (Å²) >= 11 is 0. The molecular weight excluding hydrogens is 276 g/mol. The van der Waals surface area contributed by atoms with Gasteiger partial charge in [0, 0.05) is 13.1 Å². The third-order valence-electron chi connectivity index (χ3n) is 4.56. The van der Waals surface area contributed by atoms with Gasteiger partial charge in [0.1, 0.15) is 5.60 Å². The zero-order valence-corrected chi connectivity index (χ0v) is 15.4. The lowest BCUT2D eigenvalue weighted by Crippen LogP contribution is -2.35. The van der Waals surface area contributed by atoms with Crippen LogP contribution in [0.2, 0.25) is 0 Å². The normalized spacial score (nSPS) is 25.1. The monoisotopic (exact) mass is 312 g/mol. The molecule has 0 saturated carbocycles. The average molecular weight is 312 g/mol. The van der Waals surface area contributed by atoms with E-state index >= 15 is 0 Å². The highest BCUT2D eigenvalue weighted by Gasteiger charge is 2.30. The van der Waals surface area contributed by atoms with Gasteiger partial charge in [0.25, 0.3) is 0 Å². The Kier molecular flexibility index (Phi) is 7.67. The molecule has 1 N–H and O–H groups in total. The quantitative estimate of drug-likeness (QED) is 0.840. The fraction of sp³-hybridized carbons (Fsp3) is 0.944. The molecule has 1 amide bonds. The molecule has 0 aromatic carbocycles. The fourth-order valence-electron chi connectivity index (χ4n) is 2.89. The molecule has 2 aliphatic heterocycles. The van der Waals surface area contributed by atoms with Crippen LogP contribution in [0.5, 0.6) is 0 Å². The number of hydrogen-bond acceptors (Lipinski definition) is 3. The first-order chi connectivity index (χ1) is 10.2. The number of rotatable bonds is 2. The lowest BCUT2D eigenvalue weighted by atomic mass is 9.95. The van der Waals surface area contributed by atoms with Crippen LogP contribution in [-0.4, -0.2) is 42.8 Å². The summed E-state index contributed by atoms with van der Waals surface area (Å²) in [6, 6.07) is 0. The van der Waals surface area contributed by atoms with Crippen molar-refractivity contribution in [2.24, 2.45) is 17.8 Å². The Bertz CT molecular complexity index is 330. The molecule has 2 aliphatic rings. The predicted molar refractivity (Wildman–Crippen MR) is 92.0 cm³/mol. The van der Waals surface area contributed by atoms with E-state index in [0.717, 1.165) is 25.4 Å². The first-order valence-electron chi connectivity index (χ1n) is 8.91. The molecule has 4 heteroatoms. The van der Waals surface area contributed by atoms with Crippen molar-refractivity contribution >= 4 is 6.09 Å². The molecule has 0 bridgehead atoms. The summed E-state index contributed by atoms with van der Waals surface area (Å²) in [4.78, 5) is 13.6. The number of amides is 1. The van der Waals surface area contributed by atoms with Crippen LogP contribution in [0.1, 0.15) is 60.8 Å². The molecule has 0 aromatic rings. The maximum atomic E-state index is 11.7. The molecule has 0 aliphatic carbocycles. The number of hydrogen-bond donors (Lipinski definition) is 1. The molecule has 0 radical (unpaired) electrons. The topological polar surface area (TPSA) is 41.6 Å². The third kappa shape index (κ3) is 6.99. The van der Waals surface area contributed by atoms with Crippen LogP contribution in [0.4, 0.5) is 4.79 Å². The van der Waals surface area contributed by atoms with Gasteiger partial charge in [0.15, 0.2) is 0 Å². The first kappa shape index (κ1) is 19.3. The minimum absolute atomic E-state index is 0.161. The van der Waals surface area contributed by atoms with Crippen LogP contribution in [0, 0.1) is 17.8 Å². The molecule has 22 heavy (non-hydrogen) atoms. The molecule has 2 heterocycles. The van der Waals surface area contributed by atoms with Crippen molar-refractivity contribution in [2.45, 2.75) is 66.4 Å². The molecule has 0 aromatic heterocycles. The standard InChI is InChI=1S/C12H23NO2.C6H13N/c1-9(2)10-6-7-13(8-10)11(14)15-12(3,4)5;1-2-6-3-4-7-5-6/h9-10H,6-8H2,1-5H3;6-7H,2-5H2,1H3. The van der Waals surface area contributed by atoms with Gasteiger partial charge in [-0.3, -0.25) is 0 Å². The van der Waals surface area contributed by atoms with Gasteiger partial charge in [-0.1, -0.05) is 27.2 Å². The third-order valence-corrected chi connectivity index (χ3v) is 4.56. The first-order valence-corrected chi connectivity index (χ1v) is 8.91. The SMILES string of the molecule is CC(C)C1CCN(C(=O)OC(C)(C)C)C1.CCC1CCNC1. The van der Waals surface area contributed by atoms with E-state index in [0.29, 0.717) is 11.8 Å². The van der Waals surface area contributed by atoms with E-state index < -0.39 is 0 Å². The van der Waals surface area contributed by atoms with E-state index in [1.165, 1.54) is 25.9 Å². The summed E-state index contributed by atoms with van der Waals surface area (Å²) in [7, 11) is 0. The van der Waals surface area contributed by atoms with Crippen LogP contribution in [0.25, 0.3) is 0 Å². The molecule has 2 rings (SSSR count). The maximum Gasteiger partial charge on any atom is 0.410 e. The summed E-state index contributed by atoms with van der Waals surface area (Å²) in [6.07, 6.45) is 3.70. The van der Waals surface area contributed by atoms with Crippen molar-refractivity contribution in [2.75, 3.05) is 26.2 Å². The van der Waals surface area contributed by atoms with Crippen molar-refractivity contribution < 1.29 is 9.53 Å². The van der Waals surface area contributed by atoms with Crippen LogP contribution in [0.15, 0.2) is 0 Å². The number of nitrogens with zero attached hydrogens (tertiary/aromatic N) is 1. The van der Waals surface area contributed by atoms with Crippen LogP contribution >= 0.6 is 0 Å². The van der Waals surface area contributed by atoms with Gasteiger partial charge in [-0.2, -0.15) is 0 Å². The van der Waals surface area contributed by atoms with E-state index in [2.05, 4.69) is 26.1 Å². The Hall–Kier alpha value is -0.770. The second-order valence-electron chi connectivity index (χ2n) is 7.99.